The lowest BCUT2D eigenvalue weighted by molar-refractivity contribution is -0.119. The molecule has 1 N–H and O–H groups in total. The van der Waals surface area contributed by atoms with E-state index in [-0.39, 0.29) is 12.5 Å². The van der Waals surface area contributed by atoms with Crippen LogP contribution in [0.25, 0.3) is 10.2 Å². The number of esters is 1. The number of aryl methyl sites for hydroxylation is 3. The minimum absolute atomic E-state index is 0.334. The van der Waals surface area contributed by atoms with Gasteiger partial charge in [-0.1, -0.05) is 55.5 Å². The maximum Gasteiger partial charge on any atom is 0.348 e. The highest BCUT2D eigenvalue weighted by Gasteiger charge is 2.19. The summed E-state index contributed by atoms with van der Waals surface area (Å²) < 4.78 is 7.20. The average molecular weight is 448 g/mol. The van der Waals surface area contributed by atoms with Crippen molar-refractivity contribution in [3.05, 3.63) is 81.9 Å². The number of carbonyl (C=O) groups is 2. The molecule has 7 heteroatoms. The first-order chi connectivity index (χ1) is 15.5. The number of anilines is 1. The van der Waals surface area contributed by atoms with Crippen molar-refractivity contribution in [1.82, 2.24) is 9.78 Å². The molecule has 0 saturated carbocycles. The Balaban J connectivity index is 1.44. The molecule has 0 aliphatic heterocycles. The van der Waals surface area contributed by atoms with Gasteiger partial charge < -0.3 is 10.1 Å². The normalized spacial score (nSPS) is 11.0. The van der Waals surface area contributed by atoms with E-state index in [9.17, 15) is 9.59 Å². The fourth-order valence-electron chi connectivity index (χ4n) is 3.66. The van der Waals surface area contributed by atoms with E-state index in [1.54, 1.807) is 6.07 Å². The van der Waals surface area contributed by atoms with Crippen LogP contribution in [0, 0.1) is 13.8 Å². The van der Waals surface area contributed by atoms with Gasteiger partial charge in [0.1, 0.15) is 9.71 Å². The average Bonchev–Trinajstić information content (AvgIpc) is 3.35. The zero-order valence-corrected chi connectivity index (χ0v) is 19.2. The number of hydrogen-bond acceptors (Lipinski definition) is 5. The maximum atomic E-state index is 12.6. The Hall–Kier alpha value is -3.45. The van der Waals surface area contributed by atoms with E-state index in [2.05, 4.69) is 10.4 Å². The second kappa shape index (κ2) is 9.36. The van der Waals surface area contributed by atoms with Crippen molar-refractivity contribution in [3.8, 4) is 0 Å². The lowest BCUT2D eigenvalue weighted by Gasteiger charge is -2.12. The fourth-order valence-corrected chi connectivity index (χ4v) is 4.71. The number of ether oxygens (including phenoxy) is 1. The molecule has 2 aromatic heterocycles. The van der Waals surface area contributed by atoms with Gasteiger partial charge in [0.25, 0.3) is 5.91 Å². The summed E-state index contributed by atoms with van der Waals surface area (Å²) in [4.78, 5) is 26.4. The fraction of sp³-hybridized carbons (Fsp3) is 0.240. The minimum Gasteiger partial charge on any atom is -0.451 e. The molecule has 0 spiro atoms. The number of benzene rings is 2. The molecule has 2 aromatic carbocycles. The highest BCUT2D eigenvalue weighted by Crippen LogP contribution is 2.29. The van der Waals surface area contributed by atoms with Crippen molar-refractivity contribution in [2.75, 3.05) is 11.9 Å². The third-order valence-electron chi connectivity index (χ3n) is 5.32. The van der Waals surface area contributed by atoms with E-state index < -0.39 is 5.97 Å². The summed E-state index contributed by atoms with van der Waals surface area (Å²) in [5.41, 5.74) is 4.80. The summed E-state index contributed by atoms with van der Waals surface area (Å²) in [7, 11) is 0. The summed E-state index contributed by atoms with van der Waals surface area (Å²) in [6.45, 7) is 6.19. The summed E-state index contributed by atoms with van der Waals surface area (Å²) in [5, 5.41) is 8.40. The van der Waals surface area contributed by atoms with Crippen LogP contribution in [0.15, 0.2) is 54.6 Å². The molecule has 0 aliphatic rings. The Bertz CT molecular complexity index is 1270. The Labute approximate surface area is 190 Å². The number of fused-ring (bicyclic) bond motifs is 1. The summed E-state index contributed by atoms with van der Waals surface area (Å²) >= 11 is 1.33. The number of aromatic nitrogens is 2. The van der Waals surface area contributed by atoms with E-state index in [0.29, 0.717) is 11.4 Å². The second-order valence-electron chi connectivity index (χ2n) is 7.65. The second-order valence-corrected chi connectivity index (χ2v) is 8.68. The Morgan fingerprint density at radius 3 is 2.62 bits per heavy atom. The molecule has 0 radical (unpaired) electrons. The maximum absolute atomic E-state index is 12.6. The van der Waals surface area contributed by atoms with Gasteiger partial charge in [-0.05, 0) is 43.0 Å². The molecule has 1 amide bonds. The van der Waals surface area contributed by atoms with Crippen LogP contribution in [-0.4, -0.2) is 28.3 Å². The molecule has 0 unspecified atom stereocenters. The first-order valence-electron chi connectivity index (χ1n) is 10.5. The number of carbonyl (C=O) groups excluding carboxylic acids is 2. The molecule has 0 saturated heterocycles. The molecule has 2 heterocycles. The van der Waals surface area contributed by atoms with Gasteiger partial charge in [-0.3, -0.25) is 9.48 Å². The van der Waals surface area contributed by atoms with Gasteiger partial charge in [0, 0.05) is 11.1 Å². The third kappa shape index (κ3) is 4.57. The van der Waals surface area contributed by atoms with Crippen LogP contribution in [0.3, 0.4) is 0 Å². The first-order valence-corrected chi connectivity index (χ1v) is 11.3. The zero-order chi connectivity index (χ0) is 22.7. The quantitative estimate of drug-likeness (QED) is 0.399. The first kappa shape index (κ1) is 21.8. The van der Waals surface area contributed by atoms with Crippen molar-refractivity contribution in [3.63, 3.8) is 0 Å². The number of amides is 1. The van der Waals surface area contributed by atoms with E-state index in [0.717, 1.165) is 44.7 Å². The summed E-state index contributed by atoms with van der Waals surface area (Å²) in [6.07, 6.45) is 0.804. The number of rotatable bonds is 7. The number of para-hydroxylation sites is 1. The predicted molar refractivity (Wildman–Crippen MR) is 127 cm³/mol. The summed E-state index contributed by atoms with van der Waals surface area (Å²) in [6, 6.07) is 17.7. The van der Waals surface area contributed by atoms with Gasteiger partial charge in [0.2, 0.25) is 0 Å². The molecule has 32 heavy (non-hydrogen) atoms. The van der Waals surface area contributed by atoms with Crippen LogP contribution in [0.5, 0.6) is 0 Å². The summed E-state index contributed by atoms with van der Waals surface area (Å²) in [5.74, 6) is -0.859. The van der Waals surface area contributed by atoms with Gasteiger partial charge in [-0.25, -0.2) is 4.79 Å². The standard InChI is InChI=1S/C25H25N3O3S/c1-4-19-12-8-9-16(2)23(19)26-22(29)15-31-25(30)21-13-20-17(3)27-28(24(20)32-21)14-18-10-6-5-7-11-18/h5-13H,4,14-15H2,1-3H3,(H,26,29). The lowest BCUT2D eigenvalue weighted by atomic mass is 10.1. The largest absolute Gasteiger partial charge is 0.451 e. The highest BCUT2D eigenvalue weighted by molar-refractivity contribution is 7.20. The van der Waals surface area contributed by atoms with Gasteiger partial charge in [-0.15, -0.1) is 11.3 Å². The predicted octanol–water partition coefficient (Wildman–Crippen LogP) is 5.12. The van der Waals surface area contributed by atoms with Crippen molar-refractivity contribution >= 4 is 39.1 Å². The number of hydrogen-bond donors (Lipinski definition) is 1. The van der Waals surface area contributed by atoms with E-state index in [1.807, 2.05) is 74.0 Å². The number of nitrogens with one attached hydrogen (secondary N) is 1. The van der Waals surface area contributed by atoms with Crippen LogP contribution >= 0.6 is 11.3 Å². The molecule has 0 bridgehead atoms. The van der Waals surface area contributed by atoms with Crippen molar-refractivity contribution < 1.29 is 14.3 Å². The Morgan fingerprint density at radius 1 is 1.09 bits per heavy atom. The van der Waals surface area contributed by atoms with Gasteiger partial charge in [-0.2, -0.15) is 5.10 Å². The van der Waals surface area contributed by atoms with Crippen molar-refractivity contribution in [1.29, 1.82) is 0 Å². The molecule has 0 fully saturated rings. The van der Waals surface area contributed by atoms with Crippen LogP contribution in [-0.2, 0) is 22.5 Å². The molecule has 0 aliphatic carbocycles. The smallest absolute Gasteiger partial charge is 0.348 e. The molecule has 0 atom stereocenters. The highest BCUT2D eigenvalue weighted by atomic mass is 32.1. The van der Waals surface area contributed by atoms with Crippen LogP contribution in [0.4, 0.5) is 5.69 Å². The van der Waals surface area contributed by atoms with E-state index in [1.165, 1.54) is 11.3 Å². The third-order valence-corrected chi connectivity index (χ3v) is 6.45. The number of nitrogens with zero attached hydrogens (tertiary/aromatic N) is 2. The van der Waals surface area contributed by atoms with E-state index >= 15 is 0 Å². The van der Waals surface area contributed by atoms with Crippen molar-refractivity contribution in [2.24, 2.45) is 0 Å². The monoisotopic (exact) mass is 447 g/mol. The van der Waals surface area contributed by atoms with Crippen LogP contribution < -0.4 is 5.32 Å². The topological polar surface area (TPSA) is 73.2 Å². The van der Waals surface area contributed by atoms with Crippen LogP contribution in [0.1, 0.15) is 39.0 Å². The van der Waals surface area contributed by atoms with Gasteiger partial charge >= 0.3 is 5.97 Å². The minimum atomic E-state index is -0.507. The molecular formula is C25H25N3O3S. The SMILES string of the molecule is CCc1cccc(C)c1NC(=O)COC(=O)c1cc2c(C)nn(Cc3ccccc3)c2s1. The molecular weight excluding hydrogens is 422 g/mol. The van der Waals surface area contributed by atoms with E-state index in [4.69, 9.17) is 4.74 Å². The molecule has 6 nitrogen and oxygen atoms in total. The molecule has 4 aromatic rings. The Kier molecular flexibility index (Phi) is 6.37. The van der Waals surface area contributed by atoms with Gasteiger partial charge in [0.15, 0.2) is 6.61 Å². The molecule has 4 rings (SSSR count). The van der Waals surface area contributed by atoms with Gasteiger partial charge in [0.05, 0.1) is 12.2 Å². The lowest BCUT2D eigenvalue weighted by Crippen LogP contribution is -2.21. The zero-order valence-electron chi connectivity index (χ0n) is 18.3. The molecule has 164 valence electrons. The Morgan fingerprint density at radius 2 is 1.88 bits per heavy atom. The van der Waals surface area contributed by atoms with Crippen molar-refractivity contribution in [2.45, 2.75) is 33.7 Å². The number of thiophene rings is 1. The van der Waals surface area contributed by atoms with Crippen LogP contribution in [0.2, 0.25) is 0 Å².